The van der Waals surface area contributed by atoms with Gasteiger partial charge in [-0.05, 0) is 124 Å². The summed E-state index contributed by atoms with van der Waals surface area (Å²) in [4.78, 5) is 73.4. The van der Waals surface area contributed by atoms with Crippen LogP contribution in [-0.2, 0) is 35.5 Å². The van der Waals surface area contributed by atoms with Crippen molar-refractivity contribution in [3.8, 4) is 16.2 Å². The number of benzene rings is 3. The molecule has 3 unspecified atom stereocenters. The van der Waals surface area contributed by atoms with Crippen molar-refractivity contribution in [2.45, 2.75) is 131 Å². The van der Waals surface area contributed by atoms with Gasteiger partial charge in [-0.3, -0.25) is 24.5 Å². The molecule has 1 aromatic heterocycles. The number of nitrogens with zero attached hydrogens (tertiary/aromatic N) is 2. The highest BCUT2D eigenvalue weighted by molar-refractivity contribution is 7.18. The molecule has 0 bridgehead atoms. The summed E-state index contributed by atoms with van der Waals surface area (Å²) in [6.45, 7) is 20.0. The number of anilines is 4. The molecule has 4 aromatic rings. The fraction of sp³-hybridized carbons (Fsp3) is 0.518. The van der Waals surface area contributed by atoms with E-state index in [1.54, 1.807) is 11.8 Å². The molecule has 0 aliphatic carbocycles. The lowest BCUT2D eigenvalue weighted by molar-refractivity contribution is -0.248. The molecule has 0 spiro atoms. The van der Waals surface area contributed by atoms with Gasteiger partial charge in [-0.25, -0.2) is 14.6 Å². The first kappa shape index (κ1) is 66.3. The van der Waals surface area contributed by atoms with Crippen LogP contribution in [0.1, 0.15) is 128 Å². The minimum atomic E-state index is -1.07. The van der Waals surface area contributed by atoms with Gasteiger partial charge in [-0.2, -0.15) is 0 Å². The van der Waals surface area contributed by atoms with Crippen molar-refractivity contribution in [2.75, 3.05) is 74.7 Å². The van der Waals surface area contributed by atoms with Gasteiger partial charge in [0.2, 0.25) is 24.1 Å². The van der Waals surface area contributed by atoms with Gasteiger partial charge in [-0.1, -0.05) is 76.6 Å². The first-order chi connectivity index (χ1) is 36.2. The summed E-state index contributed by atoms with van der Waals surface area (Å²) >= 11 is 7.79. The molecule has 4 amide bonds. The number of thiophene rings is 1. The van der Waals surface area contributed by atoms with Crippen LogP contribution >= 0.6 is 22.9 Å². The third kappa shape index (κ3) is 22.0. The maximum atomic E-state index is 12.9. The third-order valence-corrected chi connectivity index (χ3v) is 13.6. The number of hydrogen-bond donors (Lipinski definition) is 8. The van der Waals surface area contributed by atoms with Crippen LogP contribution in [0.3, 0.4) is 0 Å². The molecule has 76 heavy (non-hydrogen) atoms. The molecule has 422 valence electrons. The summed E-state index contributed by atoms with van der Waals surface area (Å²) in [5.74, 6) is -1.57. The molecule has 8 N–H and O–H groups in total. The molecule has 0 saturated carbocycles. The Morgan fingerprint density at radius 3 is 2.18 bits per heavy atom. The predicted molar refractivity (Wildman–Crippen MR) is 306 cm³/mol. The number of amides is 4. The Morgan fingerprint density at radius 2 is 1.59 bits per heavy atom. The van der Waals surface area contributed by atoms with Crippen molar-refractivity contribution < 1.29 is 53.8 Å². The molecule has 1 saturated heterocycles. The van der Waals surface area contributed by atoms with Crippen molar-refractivity contribution in [1.29, 1.82) is 0 Å². The number of rotatable bonds is 26. The van der Waals surface area contributed by atoms with Crippen LogP contribution in [0.4, 0.5) is 22.7 Å². The number of piperidine rings is 1. The van der Waals surface area contributed by atoms with Gasteiger partial charge in [0.25, 0.3) is 0 Å². The van der Waals surface area contributed by atoms with Gasteiger partial charge in [-0.15, -0.1) is 11.3 Å². The number of ether oxygens (including phenoxy) is 1. The normalized spacial score (nSPS) is 13.8. The minimum absolute atomic E-state index is 0.0298. The van der Waals surface area contributed by atoms with E-state index >= 15 is 0 Å². The van der Waals surface area contributed by atoms with Gasteiger partial charge >= 0.3 is 5.97 Å². The Bertz CT molecular complexity index is 2410. The minimum Gasteiger partial charge on any atom is -0.490 e. The highest BCUT2D eigenvalue weighted by Crippen LogP contribution is 2.46. The lowest BCUT2D eigenvalue weighted by atomic mass is 9.87. The van der Waals surface area contributed by atoms with E-state index in [2.05, 4.69) is 75.3 Å². The second-order valence-corrected chi connectivity index (χ2v) is 20.5. The Hall–Kier alpha value is -5.80. The number of likely N-dealkylation sites (N-methyl/N-ethyl adjacent to an activating group) is 1. The van der Waals surface area contributed by atoms with E-state index in [9.17, 15) is 29.1 Å². The quantitative estimate of drug-likeness (QED) is 0.00730. The van der Waals surface area contributed by atoms with Crippen LogP contribution in [0.5, 0.6) is 5.75 Å². The molecule has 1 fully saturated rings. The van der Waals surface area contributed by atoms with Crippen molar-refractivity contribution >= 4 is 75.8 Å². The third-order valence-electron chi connectivity index (χ3n) is 11.9. The maximum Gasteiger partial charge on any atom is 0.349 e. The number of aromatic carboxylic acids is 1. The SMILES string of the molecule is CC.CCOc1c(C(=O)O)sc(-c2cccc(NC(CCNCc3cccc(NCCC(CCNC(C)=O)c4ccc(N(C)C5CCC(=O)NC5=O)c(N(C=O)C(C)C)c4)c3)CC(C)(C)C)c2)c1Cl.COOC.OCO. The number of carbonyl (C=O) groups is 5. The molecule has 2 heterocycles. The highest BCUT2D eigenvalue weighted by atomic mass is 35.5. The monoisotopic (exact) mass is 1100 g/mol. The average Bonchev–Trinajstić information content (AvgIpc) is 3.70. The average molecular weight is 1100 g/mol. The van der Waals surface area contributed by atoms with E-state index in [4.69, 9.17) is 26.6 Å². The number of imide groups is 1. The van der Waals surface area contributed by atoms with Crippen LogP contribution in [0, 0.1) is 5.41 Å². The van der Waals surface area contributed by atoms with Gasteiger partial charge in [0, 0.05) is 63.5 Å². The summed E-state index contributed by atoms with van der Waals surface area (Å²) in [5, 5.41) is 40.7. The molecular formula is C56H84ClN7O11S. The Kier molecular flexibility index (Phi) is 30.3. The van der Waals surface area contributed by atoms with E-state index in [0.29, 0.717) is 60.4 Å². The van der Waals surface area contributed by atoms with Crippen LogP contribution in [0.2, 0.25) is 5.02 Å². The van der Waals surface area contributed by atoms with Crippen molar-refractivity contribution in [1.82, 2.24) is 16.0 Å². The van der Waals surface area contributed by atoms with E-state index in [1.165, 1.54) is 21.1 Å². The fourth-order valence-electron chi connectivity index (χ4n) is 8.51. The fourth-order valence-corrected chi connectivity index (χ4v) is 9.91. The predicted octanol–water partition coefficient (Wildman–Crippen LogP) is 9.44. The van der Waals surface area contributed by atoms with E-state index in [-0.39, 0.29) is 58.2 Å². The van der Waals surface area contributed by atoms with Crippen molar-refractivity contribution in [3.05, 3.63) is 87.8 Å². The molecular weight excluding hydrogens is 1010 g/mol. The summed E-state index contributed by atoms with van der Waals surface area (Å²) in [6, 6.07) is 21.7. The lowest BCUT2D eigenvalue weighted by Gasteiger charge is -2.35. The van der Waals surface area contributed by atoms with E-state index < -0.39 is 18.8 Å². The van der Waals surface area contributed by atoms with Crippen molar-refractivity contribution in [3.63, 3.8) is 0 Å². The van der Waals surface area contributed by atoms with Crippen LogP contribution in [0.15, 0.2) is 66.7 Å². The van der Waals surface area contributed by atoms with Crippen LogP contribution < -0.4 is 41.1 Å². The molecule has 1 aliphatic heterocycles. The number of aliphatic hydroxyl groups excluding tert-OH is 1. The first-order valence-corrected chi connectivity index (χ1v) is 27.0. The highest BCUT2D eigenvalue weighted by Gasteiger charge is 2.32. The zero-order chi connectivity index (χ0) is 57.0. The summed E-state index contributed by atoms with van der Waals surface area (Å²) in [5.41, 5.74) is 6.36. The van der Waals surface area contributed by atoms with Crippen LogP contribution in [-0.4, -0.2) is 118 Å². The molecule has 0 radical (unpaired) electrons. The number of nitrogens with one attached hydrogen (secondary N) is 5. The number of carboxylic acids is 1. The summed E-state index contributed by atoms with van der Waals surface area (Å²) in [7, 11) is 4.73. The van der Waals surface area contributed by atoms with Crippen molar-refractivity contribution in [2.24, 2.45) is 5.41 Å². The molecule has 20 heteroatoms. The Labute approximate surface area is 459 Å². The summed E-state index contributed by atoms with van der Waals surface area (Å²) < 4.78 is 5.61. The second kappa shape index (κ2) is 34.8. The standard InChI is InChI=1S/C51H68ClN7O7S.C2H6O2.C2H6.CH4O2/c1-9-66-46-45(52)47(67-48(46)50(64)65)37-13-11-15-39(27-37)56-40(29-51(5,6)7)22-23-53-30-34-12-10-14-38(26-34)55-25-21-35(20-24-54-33(4)61)36-16-17-41(43(28-36)59(31-60)32(2)3)58(8)42-18-19-44(62)57-49(42)63;1-3-4-2;1-2;2-1-3/h10-17,26-28,31-32,35,40,42,53,55-56H,9,18-25,29-30H2,1-8H3,(H,54,61)(H,64,65)(H,57,62,63);1-2H3;1-2H3;2-3H,1H2. The Balaban J connectivity index is 0.00000205. The summed E-state index contributed by atoms with van der Waals surface area (Å²) in [6.07, 6.45) is 4.66. The topological polar surface area (TPSA) is 240 Å². The zero-order valence-corrected chi connectivity index (χ0v) is 48.1. The molecule has 5 rings (SSSR count). The number of aliphatic hydroxyl groups is 2. The number of carboxylic acid groups (broad SMARTS) is 1. The van der Waals surface area contributed by atoms with Crippen LogP contribution in [0.25, 0.3) is 10.4 Å². The van der Waals surface area contributed by atoms with E-state index in [1.807, 2.05) is 88.2 Å². The molecule has 3 atom stereocenters. The lowest BCUT2D eigenvalue weighted by Crippen LogP contribution is -2.51. The number of carbonyl (C=O) groups excluding carboxylic acids is 4. The van der Waals surface area contributed by atoms with Gasteiger partial charge in [0.15, 0.2) is 10.6 Å². The Morgan fingerprint density at radius 1 is 0.934 bits per heavy atom. The van der Waals surface area contributed by atoms with E-state index in [0.717, 1.165) is 71.6 Å². The second-order valence-electron chi connectivity index (χ2n) is 19.1. The molecule has 3 aromatic carbocycles. The number of halogens is 1. The van der Waals surface area contributed by atoms with Gasteiger partial charge in [0.1, 0.15) is 17.9 Å². The largest absolute Gasteiger partial charge is 0.490 e. The number of hydrogen-bond acceptors (Lipinski definition) is 15. The van der Waals surface area contributed by atoms with Gasteiger partial charge < -0.3 is 51.1 Å². The smallest absolute Gasteiger partial charge is 0.349 e. The maximum absolute atomic E-state index is 12.9. The first-order valence-electron chi connectivity index (χ1n) is 25.8. The molecule has 18 nitrogen and oxygen atoms in total. The van der Waals surface area contributed by atoms with Gasteiger partial charge in [0.05, 0.1) is 37.1 Å². The molecule has 1 aliphatic rings. The zero-order valence-electron chi connectivity index (χ0n) is 46.5.